The normalized spacial score (nSPS) is 14.8. The fourth-order valence-electron chi connectivity index (χ4n) is 3.66. The van der Waals surface area contributed by atoms with E-state index in [1.54, 1.807) is 6.07 Å². The molecule has 1 fully saturated rings. The van der Waals surface area contributed by atoms with Crippen LogP contribution < -0.4 is 0 Å². The number of non-ortho nitro benzene ring substituents is 2. The SMILES string of the molecule is O=C(c1cc([N+](=O)[O-])cc([N+](=O)[O-])c1)N1CCC(c2nc3ccc(F)cc3[nH]2)CC1. The van der Waals surface area contributed by atoms with Gasteiger partial charge in [-0.05, 0) is 31.0 Å². The highest BCUT2D eigenvalue weighted by atomic mass is 19.1. The number of H-pyrrole nitrogens is 1. The Balaban J connectivity index is 1.50. The predicted molar refractivity (Wildman–Crippen MR) is 104 cm³/mol. The maximum absolute atomic E-state index is 13.4. The number of amides is 1. The molecular formula is C19H16FN5O5. The van der Waals surface area contributed by atoms with Crippen molar-refractivity contribution in [2.24, 2.45) is 0 Å². The monoisotopic (exact) mass is 413 g/mol. The summed E-state index contributed by atoms with van der Waals surface area (Å²) < 4.78 is 13.4. The van der Waals surface area contributed by atoms with E-state index in [1.807, 2.05) is 0 Å². The van der Waals surface area contributed by atoms with Crippen LogP contribution in [0.4, 0.5) is 15.8 Å². The van der Waals surface area contributed by atoms with Crippen molar-refractivity contribution in [1.82, 2.24) is 14.9 Å². The van der Waals surface area contributed by atoms with Crippen molar-refractivity contribution in [2.75, 3.05) is 13.1 Å². The van der Waals surface area contributed by atoms with Crippen LogP contribution in [0.1, 0.15) is 34.9 Å². The van der Waals surface area contributed by atoms with Gasteiger partial charge in [-0.25, -0.2) is 9.37 Å². The second kappa shape index (κ2) is 7.50. The number of likely N-dealkylation sites (tertiary alicyclic amines) is 1. The van der Waals surface area contributed by atoms with Gasteiger partial charge in [0.1, 0.15) is 11.6 Å². The van der Waals surface area contributed by atoms with Gasteiger partial charge >= 0.3 is 0 Å². The van der Waals surface area contributed by atoms with Crippen LogP contribution in [0.3, 0.4) is 0 Å². The van der Waals surface area contributed by atoms with Gasteiger partial charge in [0.15, 0.2) is 0 Å². The number of nitro groups is 2. The van der Waals surface area contributed by atoms with E-state index in [2.05, 4.69) is 9.97 Å². The van der Waals surface area contributed by atoms with Crippen LogP contribution in [0.5, 0.6) is 0 Å². The number of nitro benzene ring substituents is 2. The smallest absolute Gasteiger partial charge is 0.277 e. The minimum Gasteiger partial charge on any atom is -0.342 e. The van der Waals surface area contributed by atoms with Gasteiger partial charge in [0, 0.05) is 31.1 Å². The number of carbonyl (C=O) groups excluding carboxylic acids is 1. The second-order valence-electron chi connectivity index (χ2n) is 7.10. The minimum atomic E-state index is -0.763. The lowest BCUT2D eigenvalue weighted by Crippen LogP contribution is -2.38. The fourth-order valence-corrected chi connectivity index (χ4v) is 3.66. The highest BCUT2D eigenvalue weighted by Gasteiger charge is 2.28. The molecule has 0 unspecified atom stereocenters. The highest BCUT2D eigenvalue weighted by Crippen LogP contribution is 2.30. The Morgan fingerprint density at radius 1 is 1.07 bits per heavy atom. The molecule has 1 amide bonds. The van der Waals surface area contributed by atoms with E-state index in [9.17, 15) is 29.4 Å². The third kappa shape index (κ3) is 3.69. The molecule has 2 heterocycles. The number of aromatic nitrogens is 2. The van der Waals surface area contributed by atoms with Crippen LogP contribution in [-0.4, -0.2) is 43.7 Å². The molecule has 1 saturated heterocycles. The van der Waals surface area contributed by atoms with Crippen LogP contribution in [0.2, 0.25) is 0 Å². The summed E-state index contributed by atoms with van der Waals surface area (Å²) in [6.45, 7) is 0.733. The van der Waals surface area contributed by atoms with Crippen LogP contribution >= 0.6 is 0 Å². The standard InChI is InChI=1S/C19H16FN5O5/c20-13-1-2-16-17(9-13)22-18(21-16)11-3-5-23(6-4-11)19(26)12-7-14(24(27)28)10-15(8-12)25(29)30/h1-2,7-11H,3-6H2,(H,21,22). The van der Waals surface area contributed by atoms with Crippen molar-refractivity contribution < 1.29 is 19.0 Å². The van der Waals surface area contributed by atoms with E-state index in [1.165, 1.54) is 17.0 Å². The molecule has 0 spiro atoms. The molecule has 2 aromatic carbocycles. The third-order valence-electron chi connectivity index (χ3n) is 5.20. The summed E-state index contributed by atoms with van der Waals surface area (Å²) >= 11 is 0. The van der Waals surface area contributed by atoms with Crippen molar-refractivity contribution in [1.29, 1.82) is 0 Å². The first-order valence-electron chi connectivity index (χ1n) is 9.20. The zero-order chi connectivity index (χ0) is 21.4. The molecule has 0 bridgehead atoms. The van der Waals surface area contributed by atoms with Crippen LogP contribution in [0.15, 0.2) is 36.4 Å². The maximum Gasteiger partial charge on any atom is 0.277 e. The number of hydrogen-bond donors (Lipinski definition) is 1. The second-order valence-corrected chi connectivity index (χ2v) is 7.10. The lowest BCUT2D eigenvalue weighted by Gasteiger charge is -2.31. The van der Waals surface area contributed by atoms with Crippen molar-refractivity contribution in [3.8, 4) is 0 Å². The molecule has 30 heavy (non-hydrogen) atoms. The van der Waals surface area contributed by atoms with E-state index in [-0.39, 0.29) is 17.3 Å². The number of carbonyl (C=O) groups is 1. The first-order chi connectivity index (χ1) is 14.3. The molecule has 1 aliphatic rings. The Labute approximate surface area is 168 Å². The highest BCUT2D eigenvalue weighted by molar-refractivity contribution is 5.95. The van der Waals surface area contributed by atoms with Gasteiger partial charge in [0.2, 0.25) is 0 Å². The molecular weight excluding hydrogens is 397 g/mol. The zero-order valence-corrected chi connectivity index (χ0v) is 15.6. The Morgan fingerprint density at radius 2 is 1.70 bits per heavy atom. The van der Waals surface area contributed by atoms with Crippen molar-refractivity contribution in [2.45, 2.75) is 18.8 Å². The van der Waals surface area contributed by atoms with Gasteiger partial charge in [-0.15, -0.1) is 0 Å². The Kier molecular flexibility index (Phi) is 4.86. The molecule has 3 aromatic rings. The third-order valence-corrected chi connectivity index (χ3v) is 5.20. The van der Waals surface area contributed by atoms with Crippen LogP contribution in [0, 0.1) is 26.0 Å². The van der Waals surface area contributed by atoms with Crippen molar-refractivity contribution >= 4 is 28.3 Å². The maximum atomic E-state index is 13.4. The molecule has 1 aliphatic heterocycles. The summed E-state index contributed by atoms with van der Waals surface area (Å²) in [6.07, 6.45) is 1.18. The quantitative estimate of drug-likeness (QED) is 0.513. The number of piperidine rings is 1. The molecule has 0 atom stereocenters. The molecule has 11 heteroatoms. The van der Waals surface area contributed by atoms with Crippen molar-refractivity contribution in [3.05, 3.63) is 73.8 Å². The Bertz CT molecular complexity index is 1140. The first kappa shape index (κ1) is 19.4. The number of fused-ring (bicyclic) bond motifs is 1. The number of aromatic amines is 1. The predicted octanol–water partition coefficient (Wildman–Crippen LogP) is 3.54. The Hall–Kier alpha value is -3.89. The van der Waals surface area contributed by atoms with E-state index < -0.39 is 27.1 Å². The van der Waals surface area contributed by atoms with E-state index in [4.69, 9.17) is 0 Å². The van der Waals surface area contributed by atoms with Gasteiger partial charge in [0.05, 0.1) is 32.5 Å². The van der Waals surface area contributed by atoms with E-state index >= 15 is 0 Å². The van der Waals surface area contributed by atoms with Gasteiger partial charge in [0.25, 0.3) is 17.3 Å². The molecule has 0 saturated carbocycles. The number of rotatable bonds is 4. The minimum absolute atomic E-state index is 0.0453. The molecule has 0 aliphatic carbocycles. The average molecular weight is 413 g/mol. The summed E-state index contributed by atoms with van der Waals surface area (Å²) in [5.41, 5.74) is 0.170. The number of imidazole rings is 1. The zero-order valence-electron chi connectivity index (χ0n) is 15.6. The molecule has 10 nitrogen and oxygen atoms in total. The van der Waals surface area contributed by atoms with Crippen molar-refractivity contribution in [3.63, 3.8) is 0 Å². The number of nitrogens with zero attached hydrogens (tertiary/aromatic N) is 4. The number of hydrogen-bond acceptors (Lipinski definition) is 6. The topological polar surface area (TPSA) is 135 Å². The largest absolute Gasteiger partial charge is 0.342 e. The number of benzene rings is 2. The summed E-state index contributed by atoms with van der Waals surface area (Å²) in [7, 11) is 0. The fraction of sp³-hybridized carbons (Fsp3) is 0.263. The Morgan fingerprint density at radius 3 is 2.30 bits per heavy atom. The number of halogens is 1. The summed E-state index contributed by atoms with van der Waals surface area (Å²) in [6, 6.07) is 7.24. The van der Waals surface area contributed by atoms with Gasteiger partial charge < -0.3 is 9.88 Å². The van der Waals surface area contributed by atoms with Gasteiger partial charge in [-0.1, -0.05) is 0 Å². The van der Waals surface area contributed by atoms with Gasteiger partial charge in [-0.2, -0.15) is 0 Å². The van der Waals surface area contributed by atoms with Gasteiger partial charge in [-0.3, -0.25) is 25.0 Å². The lowest BCUT2D eigenvalue weighted by molar-refractivity contribution is -0.394. The van der Waals surface area contributed by atoms with Crippen LogP contribution in [-0.2, 0) is 0 Å². The first-order valence-corrected chi connectivity index (χ1v) is 9.20. The molecule has 4 rings (SSSR count). The summed E-state index contributed by atoms with van der Waals surface area (Å²) in [5, 5.41) is 22.1. The van der Waals surface area contributed by atoms with Crippen LogP contribution in [0.25, 0.3) is 11.0 Å². The lowest BCUT2D eigenvalue weighted by atomic mass is 9.95. The van der Waals surface area contributed by atoms with E-state index in [0.717, 1.165) is 18.2 Å². The average Bonchev–Trinajstić information content (AvgIpc) is 3.16. The molecule has 1 aromatic heterocycles. The molecule has 154 valence electrons. The molecule has 0 radical (unpaired) electrons. The molecule has 1 N–H and O–H groups in total. The van der Waals surface area contributed by atoms with E-state index in [0.29, 0.717) is 42.8 Å². The number of nitrogens with one attached hydrogen (secondary N) is 1. The summed E-state index contributed by atoms with van der Waals surface area (Å²) in [5.74, 6) is -0.0891. The summed E-state index contributed by atoms with van der Waals surface area (Å²) in [4.78, 5) is 42.5.